The number of nitrogens with zero attached hydrogens (tertiary/aromatic N) is 3. The summed E-state index contributed by atoms with van der Waals surface area (Å²) in [6.45, 7) is 1.91. The van der Waals surface area contributed by atoms with E-state index in [-0.39, 0.29) is 11.1 Å². The first kappa shape index (κ1) is 18.8. The lowest BCUT2D eigenvalue weighted by Gasteiger charge is -2.13. The second-order valence-corrected chi connectivity index (χ2v) is 5.76. The van der Waals surface area contributed by atoms with Gasteiger partial charge in [-0.15, -0.1) is 0 Å². The summed E-state index contributed by atoms with van der Waals surface area (Å²) in [6, 6.07) is 10.1. The molecule has 1 aromatic carbocycles. The molecule has 1 amide bonds. The minimum Gasteiger partial charge on any atom is -0.493 e. The number of para-hydroxylation sites is 1. The fraction of sp³-hybridized carbons (Fsp3) is 0.105. The van der Waals surface area contributed by atoms with Crippen LogP contribution < -0.4 is 16.7 Å². The van der Waals surface area contributed by atoms with E-state index in [4.69, 9.17) is 0 Å². The van der Waals surface area contributed by atoms with Crippen LogP contribution in [0.15, 0.2) is 63.5 Å². The van der Waals surface area contributed by atoms with E-state index in [1.54, 1.807) is 24.3 Å². The molecule has 0 unspecified atom stereocenters. The van der Waals surface area contributed by atoms with Crippen LogP contribution in [0.5, 0.6) is 5.88 Å². The Labute approximate surface area is 159 Å². The van der Waals surface area contributed by atoms with Crippen LogP contribution >= 0.6 is 0 Å². The Balaban J connectivity index is 1.97. The Bertz CT molecular complexity index is 1150. The Morgan fingerprint density at radius 3 is 2.79 bits per heavy atom. The normalized spacial score (nSPS) is 10.9. The molecule has 9 heteroatoms. The predicted octanol–water partition coefficient (Wildman–Crippen LogP) is 0.953. The molecule has 9 nitrogen and oxygen atoms in total. The van der Waals surface area contributed by atoms with Crippen molar-refractivity contribution in [2.24, 2.45) is 5.10 Å². The van der Waals surface area contributed by atoms with Crippen LogP contribution in [0.2, 0.25) is 0 Å². The summed E-state index contributed by atoms with van der Waals surface area (Å²) in [4.78, 5) is 42.3. The van der Waals surface area contributed by atoms with Gasteiger partial charge < -0.3 is 5.11 Å². The fourth-order valence-corrected chi connectivity index (χ4v) is 2.62. The summed E-state index contributed by atoms with van der Waals surface area (Å²) in [6.07, 6.45) is 4.48. The summed E-state index contributed by atoms with van der Waals surface area (Å²) >= 11 is 0. The van der Waals surface area contributed by atoms with Gasteiger partial charge in [-0.05, 0) is 30.2 Å². The Morgan fingerprint density at radius 1 is 1.29 bits per heavy atom. The lowest BCUT2D eigenvalue weighted by Crippen LogP contribution is -2.32. The number of pyridine rings is 1. The Morgan fingerprint density at radius 2 is 2.07 bits per heavy atom. The highest BCUT2D eigenvalue weighted by Crippen LogP contribution is 2.19. The maximum absolute atomic E-state index is 12.3. The number of amides is 1. The topological polar surface area (TPSA) is 129 Å². The highest BCUT2D eigenvalue weighted by atomic mass is 16.3. The van der Waals surface area contributed by atoms with Crippen LogP contribution in [-0.2, 0) is 6.42 Å². The number of rotatable bonds is 5. The molecule has 0 fully saturated rings. The molecule has 2 aromatic heterocycles. The van der Waals surface area contributed by atoms with Crippen molar-refractivity contribution >= 4 is 12.1 Å². The maximum atomic E-state index is 12.3. The number of hydrazone groups is 1. The molecule has 0 atom stereocenters. The van der Waals surface area contributed by atoms with Gasteiger partial charge in [0.1, 0.15) is 5.56 Å². The minimum absolute atomic E-state index is 0.267. The number of nitrogens with one attached hydrogen (secondary N) is 2. The van der Waals surface area contributed by atoms with Crippen LogP contribution in [0.25, 0.3) is 5.69 Å². The number of aryl methyl sites for hydroxylation is 1. The number of carbonyl (C=O) groups excluding carboxylic acids is 1. The summed E-state index contributed by atoms with van der Waals surface area (Å²) in [5.74, 6) is -1.11. The zero-order valence-corrected chi connectivity index (χ0v) is 14.9. The number of H-pyrrole nitrogens is 1. The van der Waals surface area contributed by atoms with Gasteiger partial charge in [0, 0.05) is 12.4 Å². The van der Waals surface area contributed by atoms with Crippen molar-refractivity contribution in [2.75, 3.05) is 0 Å². The number of benzene rings is 1. The third-order valence-electron chi connectivity index (χ3n) is 4.02. The molecule has 0 aliphatic rings. The van der Waals surface area contributed by atoms with Crippen LogP contribution in [0.4, 0.5) is 0 Å². The molecule has 0 saturated heterocycles. The molecule has 3 rings (SSSR count). The predicted molar refractivity (Wildman–Crippen MR) is 103 cm³/mol. The van der Waals surface area contributed by atoms with Crippen molar-refractivity contribution in [3.05, 3.63) is 86.3 Å². The van der Waals surface area contributed by atoms with Gasteiger partial charge in [-0.2, -0.15) is 5.10 Å². The van der Waals surface area contributed by atoms with Crippen molar-refractivity contribution in [3.63, 3.8) is 0 Å². The van der Waals surface area contributed by atoms with Crippen molar-refractivity contribution in [2.45, 2.75) is 13.3 Å². The van der Waals surface area contributed by atoms with Crippen molar-refractivity contribution in [3.8, 4) is 11.6 Å². The first-order valence-electron chi connectivity index (χ1n) is 8.43. The molecule has 0 spiro atoms. The van der Waals surface area contributed by atoms with E-state index in [0.29, 0.717) is 12.1 Å². The average Bonchev–Trinajstić information content (AvgIpc) is 2.71. The fourth-order valence-electron chi connectivity index (χ4n) is 2.62. The van der Waals surface area contributed by atoms with Crippen LogP contribution in [-0.4, -0.2) is 31.8 Å². The summed E-state index contributed by atoms with van der Waals surface area (Å²) in [7, 11) is 0. The van der Waals surface area contributed by atoms with Crippen molar-refractivity contribution in [1.29, 1.82) is 0 Å². The van der Waals surface area contributed by atoms with E-state index < -0.39 is 23.0 Å². The number of carbonyl (C=O) groups is 1. The number of hydrogen-bond acceptors (Lipinski definition) is 6. The molecule has 142 valence electrons. The molecule has 3 aromatic rings. The highest BCUT2D eigenvalue weighted by Gasteiger charge is 2.16. The molecule has 2 heterocycles. The van der Waals surface area contributed by atoms with E-state index in [9.17, 15) is 19.5 Å². The summed E-state index contributed by atoms with van der Waals surface area (Å²) in [5.41, 5.74) is 1.89. The quantitative estimate of drug-likeness (QED) is 0.449. The molecule has 0 radical (unpaired) electrons. The number of aromatic nitrogens is 3. The number of aromatic amines is 1. The van der Waals surface area contributed by atoms with Gasteiger partial charge >= 0.3 is 5.69 Å². The van der Waals surface area contributed by atoms with Crippen LogP contribution in [0.1, 0.15) is 28.4 Å². The minimum atomic E-state index is -0.827. The monoisotopic (exact) mass is 379 g/mol. The standard InChI is InChI=1S/C19H17N5O4/c1-2-12-6-3-4-8-15(12)24-18(27)14(17(26)22-19(24)28)11-21-23-16(25)13-7-5-9-20-10-13/h3-11,27H,2H2,1H3,(H,23,25)(H,22,26,28)/b21-11+. The van der Waals surface area contributed by atoms with Gasteiger partial charge in [0.25, 0.3) is 11.5 Å². The number of aromatic hydroxyl groups is 1. The second kappa shape index (κ2) is 8.12. The van der Waals surface area contributed by atoms with Gasteiger partial charge in [0.2, 0.25) is 5.88 Å². The van der Waals surface area contributed by atoms with Gasteiger partial charge in [-0.1, -0.05) is 25.1 Å². The summed E-state index contributed by atoms with van der Waals surface area (Å²) in [5, 5.41) is 14.2. The first-order chi connectivity index (χ1) is 13.5. The van der Waals surface area contributed by atoms with Gasteiger partial charge in [-0.3, -0.25) is 19.6 Å². The van der Waals surface area contributed by atoms with E-state index >= 15 is 0 Å². The van der Waals surface area contributed by atoms with Crippen LogP contribution in [0.3, 0.4) is 0 Å². The van der Waals surface area contributed by atoms with Crippen LogP contribution in [0, 0.1) is 0 Å². The number of hydrogen-bond donors (Lipinski definition) is 3. The smallest absolute Gasteiger partial charge is 0.335 e. The average molecular weight is 379 g/mol. The lowest BCUT2D eigenvalue weighted by molar-refractivity contribution is 0.0954. The van der Waals surface area contributed by atoms with Crippen molar-refractivity contribution in [1.82, 2.24) is 20.0 Å². The van der Waals surface area contributed by atoms with Gasteiger partial charge in [-0.25, -0.2) is 14.8 Å². The third-order valence-corrected chi connectivity index (χ3v) is 4.02. The van der Waals surface area contributed by atoms with Crippen molar-refractivity contribution < 1.29 is 9.90 Å². The molecule has 0 saturated carbocycles. The lowest BCUT2D eigenvalue weighted by atomic mass is 10.1. The third kappa shape index (κ3) is 3.73. The van der Waals surface area contributed by atoms with E-state index in [1.165, 1.54) is 12.4 Å². The van der Waals surface area contributed by atoms with Gasteiger partial charge in [0.15, 0.2) is 0 Å². The van der Waals surface area contributed by atoms with E-state index in [1.807, 2.05) is 19.1 Å². The zero-order chi connectivity index (χ0) is 20.1. The highest BCUT2D eigenvalue weighted by molar-refractivity contribution is 5.94. The van der Waals surface area contributed by atoms with E-state index in [2.05, 4.69) is 20.5 Å². The van der Waals surface area contributed by atoms with E-state index in [0.717, 1.165) is 16.3 Å². The largest absolute Gasteiger partial charge is 0.493 e. The summed E-state index contributed by atoms with van der Waals surface area (Å²) < 4.78 is 0.991. The molecular weight excluding hydrogens is 362 g/mol. The SMILES string of the molecule is CCc1ccccc1-n1c(O)c(/C=N/NC(=O)c2cccnc2)c(=O)[nH]c1=O. The molecule has 0 aliphatic heterocycles. The van der Waals surface area contributed by atoms with Gasteiger partial charge in [0.05, 0.1) is 17.5 Å². The second-order valence-electron chi connectivity index (χ2n) is 5.76. The molecule has 0 bridgehead atoms. The molecular formula is C19H17N5O4. The molecule has 0 aliphatic carbocycles. The Kier molecular flexibility index (Phi) is 5.45. The first-order valence-corrected chi connectivity index (χ1v) is 8.43. The molecule has 28 heavy (non-hydrogen) atoms. The maximum Gasteiger partial charge on any atom is 0.335 e. The molecule has 3 N–H and O–H groups in total. The zero-order valence-electron chi connectivity index (χ0n) is 14.9. The Hall–Kier alpha value is -4.01.